The number of imide groups is 2. The molecule has 0 fully saturated rings. The largest absolute Gasteiger partial charge is 0.478 e. The van der Waals surface area contributed by atoms with Crippen LogP contribution in [0.2, 0.25) is 0 Å². The lowest BCUT2D eigenvalue weighted by atomic mass is 9.90. The minimum atomic E-state index is -1.16. The fourth-order valence-electron chi connectivity index (χ4n) is 4.74. The molecule has 3 aromatic carbocycles. The molecule has 0 radical (unpaired) electrons. The molecule has 2 aliphatic heterocycles. The molecule has 0 atom stereocenters. The number of carbonyl (C=O) groups excluding carboxylic acids is 4. The summed E-state index contributed by atoms with van der Waals surface area (Å²) in [5.74, 6) is -3.00. The number of aryl methyl sites for hydroxylation is 3. The summed E-state index contributed by atoms with van der Waals surface area (Å²) in [5.41, 5.74) is 4.63. The molecule has 0 saturated heterocycles. The van der Waals surface area contributed by atoms with Crippen molar-refractivity contribution in [3.63, 3.8) is 0 Å². The van der Waals surface area contributed by atoms with Gasteiger partial charge >= 0.3 is 5.97 Å². The van der Waals surface area contributed by atoms with E-state index in [0.717, 1.165) is 20.9 Å². The molecule has 0 spiro atoms. The number of nitrogens with zero attached hydrogens (tertiary/aromatic N) is 2. The summed E-state index contributed by atoms with van der Waals surface area (Å²) in [5, 5.41) is 9.39. The van der Waals surface area contributed by atoms with Crippen molar-refractivity contribution in [1.29, 1.82) is 0 Å². The Morgan fingerprint density at radius 3 is 1.60 bits per heavy atom. The smallest absolute Gasteiger partial charge is 0.335 e. The molecule has 0 saturated carbocycles. The van der Waals surface area contributed by atoms with Crippen molar-refractivity contribution in [3.8, 4) is 11.1 Å². The van der Waals surface area contributed by atoms with Crippen LogP contribution in [0, 0.1) is 20.8 Å². The zero-order chi connectivity index (χ0) is 25.3. The Balaban J connectivity index is 1.63. The van der Waals surface area contributed by atoms with Gasteiger partial charge in [-0.15, -0.1) is 0 Å². The minimum absolute atomic E-state index is 0.0219. The van der Waals surface area contributed by atoms with Crippen LogP contribution < -0.4 is 4.90 Å². The fraction of sp³-hybridized carbons (Fsp3) is 0.148. The maximum absolute atomic E-state index is 13.4. The van der Waals surface area contributed by atoms with Gasteiger partial charge in [0, 0.05) is 7.05 Å². The second-order valence-electron chi connectivity index (χ2n) is 8.90. The number of amides is 4. The third-order valence-electron chi connectivity index (χ3n) is 6.52. The van der Waals surface area contributed by atoms with Crippen molar-refractivity contribution in [2.24, 2.45) is 0 Å². The molecule has 1 N–H and O–H groups in total. The summed E-state index contributed by atoms with van der Waals surface area (Å²) in [6.07, 6.45) is 0. The van der Waals surface area contributed by atoms with Gasteiger partial charge < -0.3 is 5.11 Å². The molecule has 2 heterocycles. The first-order valence-electron chi connectivity index (χ1n) is 10.9. The summed E-state index contributed by atoms with van der Waals surface area (Å²) in [4.78, 5) is 65.0. The summed E-state index contributed by atoms with van der Waals surface area (Å²) >= 11 is 0. The molecule has 174 valence electrons. The predicted molar refractivity (Wildman–Crippen MR) is 127 cm³/mol. The van der Waals surface area contributed by atoms with Gasteiger partial charge in [-0.2, -0.15) is 0 Å². The van der Waals surface area contributed by atoms with E-state index in [1.165, 1.54) is 19.2 Å². The van der Waals surface area contributed by atoms with Crippen molar-refractivity contribution in [3.05, 3.63) is 87.0 Å². The molecule has 0 bridgehead atoms. The van der Waals surface area contributed by atoms with Gasteiger partial charge in [0.1, 0.15) is 0 Å². The van der Waals surface area contributed by atoms with Crippen LogP contribution >= 0.6 is 0 Å². The number of fused-ring (bicyclic) bond motifs is 2. The Hall–Kier alpha value is -4.59. The first-order valence-corrected chi connectivity index (χ1v) is 10.9. The number of aromatic carboxylic acids is 1. The van der Waals surface area contributed by atoms with Crippen molar-refractivity contribution in [1.82, 2.24) is 4.90 Å². The van der Waals surface area contributed by atoms with E-state index in [1.54, 1.807) is 44.2 Å². The third kappa shape index (κ3) is 3.18. The van der Waals surface area contributed by atoms with Crippen LogP contribution in [0.3, 0.4) is 0 Å². The van der Waals surface area contributed by atoms with E-state index in [9.17, 15) is 29.1 Å². The van der Waals surface area contributed by atoms with Gasteiger partial charge in [0.25, 0.3) is 23.6 Å². The average molecular weight is 468 g/mol. The van der Waals surface area contributed by atoms with Crippen LogP contribution in [-0.4, -0.2) is 46.7 Å². The second-order valence-corrected chi connectivity index (χ2v) is 8.90. The molecule has 4 amide bonds. The average Bonchev–Trinajstić information content (AvgIpc) is 3.16. The van der Waals surface area contributed by atoms with Crippen LogP contribution in [0.5, 0.6) is 0 Å². The number of carbonyl (C=O) groups is 5. The Morgan fingerprint density at radius 2 is 1.09 bits per heavy atom. The topological polar surface area (TPSA) is 112 Å². The van der Waals surface area contributed by atoms with Gasteiger partial charge in [0.2, 0.25) is 0 Å². The number of hydrogen-bond donors (Lipinski definition) is 1. The highest BCUT2D eigenvalue weighted by molar-refractivity contribution is 6.35. The Labute approximate surface area is 200 Å². The highest BCUT2D eigenvalue weighted by atomic mass is 16.4. The van der Waals surface area contributed by atoms with Crippen LogP contribution in [-0.2, 0) is 0 Å². The van der Waals surface area contributed by atoms with E-state index in [2.05, 4.69) is 0 Å². The van der Waals surface area contributed by atoms with Crippen molar-refractivity contribution in [2.45, 2.75) is 20.8 Å². The normalized spacial score (nSPS) is 14.6. The summed E-state index contributed by atoms with van der Waals surface area (Å²) in [7, 11) is 1.43. The lowest BCUT2D eigenvalue weighted by molar-refractivity contribution is 0.0682. The zero-order valence-corrected chi connectivity index (χ0v) is 19.4. The first-order chi connectivity index (χ1) is 16.5. The van der Waals surface area contributed by atoms with Crippen molar-refractivity contribution >= 4 is 35.3 Å². The Bertz CT molecular complexity index is 1550. The monoisotopic (exact) mass is 468 g/mol. The van der Waals surface area contributed by atoms with Crippen molar-refractivity contribution < 1.29 is 29.1 Å². The molecule has 0 aliphatic carbocycles. The van der Waals surface area contributed by atoms with Crippen molar-refractivity contribution in [2.75, 3.05) is 11.9 Å². The zero-order valence-electron chi connectivity index (χ0n) is 19.4. The minimum Gasteiger partial charge on any atom is -0.478 e. The SMILES string of the molecule is Cc1cc(C(=O)O)cc(N2C(=O)c3cc(C)c(-c4cc5c(cc4C)C(=O)N(C)C5=O)cc3C2=O)c1. The second kappa shape index (κ2) is 7.46. The van der Waals surface area contributed by atoms with E-state index in [1.807, 2.05) is 6.92 Å². The maximum Gasteiger partial charge on any atom is 0.335 e. The molecule has 0 unspecified atom stereocenters. The van der Waals surface area contributed by atoms with E-state index in [0.29, 0.717) is 27.8 Å². The molecule has 35 heavy (non-hydrogen) atoms. The number of hydrogen-bond acceptors (Lipinski definition) is 5. The lowest BCUT2D eigenvalue weighted by Gasteiger charge is -2.15. The van der Waals surface area contributed by atoms with Gasteiger partial charge in [-0.05, 0) is 91.1 Å². The molecular formula is C27H20N2O6. The standard InChI is InChI=1S/C27H20N2O6/c1-12-5-15(27(34)35)9-16(6-12)29-25(32)20-8-14(3)18(11-22(20)26(29)33)17-10-21-19(7-13(17)2)23(30)28(4)24(21)31/h5-11H,1-4H3,(H,34,35). The lowest BCUT2D eigenvalue weighted by Crippen LogP contribution is -2.29. The first kappa shape index (κ1) is 22.2. The molecule has 0 aromatic heterocycles. The van der Waals surface area contributed by atoms with E-state index in [-0.39, 0.29) is 28.3 Å². The van der Waals surface area contributed by atoms with E-state index >= 15 is 0 Å². The predicted octanol–water partition coefficient (Wildman–Crippen LogP) is 4.00. The van der Waals surface area contributed by atoms with Gasteiger partial charge in [-0.3, -0.25) is 24.1 Å². The quantitative estimate of drug-likeness (QED) is 0.582. The number of rotatable bonds is 3. The summed E-state index contributed by atoms with van der Waals surface area (Å²) in [6, 6.07) is 10.9. The number of benzene rings is 3. The maximum atomic E-state index is 13.4. The van der Waals surface area contributed by atoms with Gasteiger partial charge in [0.15, 0.2) is 0 Å². The van der Waals surface area contributed by atoms with Gasteiger partial charge in [-0.1, -0.05) is 0 Å². The molecule has 8 heteroatoms. The van der Waals surface area contributed by atoms with Crippen LogP contribution in [0.4, 0.5) is 5.69 Å². The van der Waals surface area contributed by atoms with E-state index in [4.69, 9.17) is 0 Å². The fourth-order valence-corrected chi connectivity index (χ4v) is 4.74. The molecule has 2 aliphatic rings. The Morgan fingerprint density at radius 1 is 0.629 bits per heavy atom. The molecular weight excluding hydrogens is 448 g/mol. The number of carboxylic acids is 1. The van der Waals surface area contributed by atoms with Crippen LogP contribution in [0.25, 0.3) is 11.1 Å². The molecule has 8 nitrogen and oxygen atoms in total. The van der Waals surface area contributed by atoms with Gasteiger partial charge in [-0.25, -0.2) is 9.69 Å². The van der Waals surface area contributed by atoms with E-state index < -0.39 is 23.7 Å². The molecule has 3 aromatic rings. The van der Waals surface area contributed by atoms with Crippen LogP contribution in [0.1, 0.15) is 68.5 Å². The summed E-state index contributed by atoms with van der Waals surface area (Å²) < 4.78 is 0. The van der Waals surface area contributed by atoms with Gasteiger partial charge in [0.05, 0.1) is 33.5 Å². The highest BCUT2D eigenvalue weighted by Gasteiger charge is 2.38. The Kier molecular flexibility index (Phi) is 4.73. The van der Waals surface area contributed by atoms with Crippen LogP contribution in [0.15, 0.2) is 42.5 Å². The highest BCUT2D eigenvalue weighted by Crippen LogP contribution is 2.37. The number of anilines is 1. The third-order valence-corrected chi connectivity index (χ3v) is 6.52. The molecule has 5 rings (SSSR count). The summed E-state index contributed by atoms with van der Waals surface area (Å²) in [6.45, 7) is 5.31. The number of carboxylic acid groups (broad SMARTS) is 1.